The summed E-state index contributed by atoms with van der Waals surface area (Å²) in [4.78, 5) is 12.8. The molecule has 3 N–H and O–H groups in total. The Bertz CT molecular complexity index is 684. The maximum atomic E-state index is 12.8. The van der Waals surface area contributed by atoms with Crippen molar-refractivity contribution in [1.29, 1.82) is 0 Å². The summed E-state index contributed by atoms with van der Waals surface area (Å²) in [6.07, 6.45) is 2.90. The van der Waals surface area contributed by atoms with Gasteiger partial charge in [-0.2, -0.15) is 0 Å². The fourth-order valence-corrected chi connectivity index (χ4v) is 4.33. The molecule has 1 aromatic rings. The number of hydrogen-bond donors (Lipinski definition) is 3. The molecule has 0 aliphatic carbocycles. The molecular formula is C18H30ClN3O4S. The van der Waals surface area contributed by atoms with Gasteiger partial charge in [-0.3, -0.25) is 9.52 Å². The fraction of sp³-hybridized carbons (Fsp3) is 0.611. The number of nitrogens with one attached hydrogen (secondary N) is 3. The van der Waals surface area contributed by atoms with E-state index in [0.717, 1.165) is 32.4 Å². The molecule has 2 rings (SSSR count). The van der Waals surface area contributed by atoms with Crippen LogP contribution in [0.3, 0.4) is 0 Å². The lowest BCUT2D eigenvalue weighted by atomic mass is 9.78. The van der Waals surface area contributed by atoms with E-state index in [0.29, 0.717) is 24.4 Å². The van der Waals surface area contributed by atoms with Gasteiger partial charge >= 0.3 is 0 Å². The zero-order valence-electron chi connectivity index (χ0n) is 15.9. The van der Waals surface area contributed by atoms with Crippen molar-refractivity contribution in [1.82, 2.24) is 5.32 Å². The fourth-order valence-electron chi connectivity index (χ4n) is 3.07. The summed E-state index contributed by atoms with van der Waals surface area (Å²) in [5, 5.41) is 6.20. The second-order valence-corrected chi connectivity index (χ2v) is 8.61. The topological polar surface area (TPSA) is 96.5 Å². The molecule has 1 amide bonds. The van der Waals surface area contributed by atoms with Crippen molar-refractivity contribution in [3.8, 4) is 0 Å². The third-order valence-corrected chi connectivity index (χ3v) is 6.02. The van der Waals surface area contributed by atoms with Crippen molar-refractivity contribution < 1.29 is 17.9 Å². The highest BCUT2D eigenvalue weighted by Gasteiger charge is 2.39. The summed E-state index contributed by atoms with van der Waals surface area (Å²) >= 11 is 0. The molecule has 7 nitrogen and oxygen atoms in total. The molecule has 1 fully saturated rings. The zero-order chi connectivity index (χ0) is 19.0. The maximum Gasteiger partial charge on any atom is 0.233 e. The third kappa shape index (κ3) is 6.95. The third-order valence-electron chi connectivity index (χ3n) is 4.65. The molecule has 27 heavy (non-hydrogen) atoms. The highest BCUT2D eigenvalue weighted by Crippen LogP contribution is 2.31. The molecule has 1 aliphatic heterocycles. The van der Waals surface area contributed by atoms with Crippen molar-refractivity contribution in [3.63, 3.8) is 0 Å². The van der Waals surface area contributed by atoms with Crippen LogP contribution in [0.15, 0.2) is 24.3 Å². The van der Waals surface area contributed by atoms with Crippen LogP contribution in [0.4, 0.5) is 11.4 Å². The molecule has 0 spiro atoms. The van der Waals surface area contributed by atoms with Crippen molar-refractivity contribution >= 4 is 39.7 Å². The van der Waals surface area contributed by atoms with Crippen molar-refractivity contribution in [2.45, 2.75) is 32.6 Å². The van der Waals surface area contributed by atoms with Crippen LogP contribution in [0.25, 0.3) is 0 Å². The van der Waals surface area contributed by atoms with Gasteiger partial charge in [-0.25, -0.2) is 8.42 Å². The summed E-state index contributed by atoms with van der Waals surface area (Å²) in [6.45, 7) is 3.91. The maximum absolute atomic E-state index is 12.8. The Morgan fingerprint density at radius 1 is 1.19 bits per heavy atom. The summed E-state index contributed by atoms with van der Waals surface area (Å²) < 4.78 is 31.7. The molecule has 1 aliphatic rings. The zero-order valence-corrected chi connectivity index (χ0v) is 17.5. The van der Waals surface area contributed by atoms with E-state index in [1.54, 1.807) is 31.4 Å². The second-order valence-electron chi connectivity index (χ2n) is 6.77. The molecule has 0 radical (unpaired) electrons. The number of amides is 1. The number of carbonyl (C=O) groups excluding carboxylic acids is 1. The van der Waals surface area contributed by atoms with Gasteiger partial charge in [-0.1, -0.05) is 13.3 Å². The van der Waals surface area contributed by atoms with Crippen LogP contribution < -0.4 is 15.4 Å². The molecule has 0 bridgehead atoms. The molecule has 0 unspecified atom stereocenters. The Balaban J connectivity index is 0.00000364. The summed E-state index contributed by atoms with van der Waals surface area (Å²) in [6, 6.07) is 6.73. The Morgan fingerprint density at radius 3 is 2.33 bits per heavy atom. The summed E-state index contributed by atoms with van der Waals surface area (Å²) in [7, 11) is -1.72. The van der Waals surface area contributed by atoms with Gasteiger partial charge in [0.05, 0.1) is 17.8 Å². The molecule has 1 heterocycles. The monoisotopic (exact) mass is 419 g/mol. The van der Waals surface area contributed by atoms with E-state index >= 15 is 0 Å². The number of ether oxygens (including phenoxy) is 1. The normalized spacial score (nSPS) is 16.2. The minimum absolute atomic E-state index is 0. The number of hydrogen-bond acceptors (Lipinski definition) is 5. The number of unbranched alkanes of at least 4 members (excludes halogenated alkanes) is 1. The standard InChI is InChI=1S/C18H29N3O4S.ClH/c1-3-4-13-26(23,24)21-16-7-5-15(6-8-16)20-17(22)18(14-25-2)9-11-19-12-10-18;/h5-8,19,21H,3-4,9-14H2,1-2H3,(H,20,22);1H. The van der Waals surface area contributed by atoms with Crippen molar-refractivity contribution in [2.75, 3.05) is 42.6 Å². The Hall–Kier alpha value is -1.35. The number of rotatable bonds is 9. The Labute approximate surface area is 168 Å². The van der Waals surface area contributed by atoms with E-state index < -0.39 is 15.4 Å². The lowest BCUT2D eigenvalue weighted by Gasteiger charge is -2.35. The van der Waals surface area contributed by atoms with Crippen molar-refractivity contribution in [2.24, 2.45) is 5.41 Å². The van der Waals surface area contributed by atoms with E-state index in [9.17, 15) is 13.2 Å². The molecule has 0 aromatic heterocycles. The van der Waals surface area contributed by atoms with Crippen LogP contribution in [0.1, 0.15) is 32.6 Å². The predicted octanol–water partition coefficient (Wildman–Crippen LogP) is 2.60. The second kappa shape index (κ2) is 10.8. The molecule has 0 atom stereocenters. The van der Waals surface area contributed by atoms with Gasteiger partial charge in [0, 0.05) is 18.5 Å². The van der Waals surface area contributed by atoms with Crippen LogP contribution in [0, 0.1) is 5.41 Å². The van der Waals surface area contributed by atoms with Gasteiger partial charge in [0.15, 0.2) is 0 Å². The van der Waals surface area contributed by atoms with E-state index in [1.165, 1.54) is 0 Å². The van der Waals surface area contributed by atoms with Gasteiger partial charge in [-0.05, 0) is 56.6 Å². The number of benzene rings is 1. The molecule has 1 aromatic carbocycles. The molecule has 1 saturated heterocycles. The van der Waals surface area contributed by atoms with E-state index in [2.05, 4.69) is 15.4 Å². The van der Waals surface area contributed by atoms with Crippen LogP contribution in [-0.4, -0.2) is 46.9 Å². The number of piperidine rings is 1. The number of sulfonamides is 1. The van der Waals surface area contributed by atoms with Gasteiger partial charge in [0.1, 0.15) is 0 Å². The van der Waals surface area contributed by atoms with Crippen molar-refractivity contribution in [3.05, 3.63) is 24.3 Å². The molecular weight excluding hydrogens is 390 g/mol. The summed E-state index contributed by atoms with van der Waals surface area (Å²) in [5.74, 6) is 0.0485. The Morgan fingerprint density at radius 2 is 1.78 bits per heavy atom. The highest BCUT2D eigenvalue weighted by molar-refractivity contribution is 7.92. The average molecular weight is 420 g/mol. The summed E-state index contributed by atoms with van der Waals surface area (Å²) in [5.41, 5.74) is 0.605. The highest BCUT2D eigenvalue weighted by atomic mass is 35.5. The first kappa shape index (κ1) is 23.7. The number of carbonyl (C=O) groups is 1. The SMILES string of the molecule is CCCCS(=O)(=O)Nc1ccc(NC(=O)C2(COC)CCNCC2)cc1.Cl. The molecule has 0 saturated carbocycles. The largest absolute Gasteiger partial charge is 0.384 e. The quantitative estimate of drug-likeness (QED) is 0.571. The molecule has 9 heteroatoms. The van der Waals surface area contributed by atoms with Crippen LogP contribution >= 0.6 is 12.4 Å². The number of methoxy groups -OCH3 is 1. The minimum atomic E-state index is -3.33. The van der Waals surface area contributed by atoms with Crippen LogP contribution in [-0.2, 0) is 19.6 Å². The van der Waals surface area contributed by atoms with Gasteiger partial charge in [0.25, 0.3) is 0 Å². The van der Waals surface area contributed by atoms with Gasteiger partial charge < -0.3 is 15.4 Å². The van der Waals surface area contributed by atoms with Crippen LogP contribution in [0.5, 0.6) is 0 Å². The van der Waals surface area contributed by atoms with E-state index in [-0.39, 0.29) is 24.1 Å². The predicted molar refractivity (Wildman–Crippen MR) is 111 cm³/mol. The smallest absolute Gasteiger partial charge is 0.233 e. The Kier molecular flexibility index (Phi) is 9.52. The lowest BCUT2D eigenvalue weighted by molar-refractivity contribution is -0.130. The van der Waals surface area contributed by atoms with Crippen LogP contribution in [0.2, 0.25) is 0 Å². The van der Waals surface area contributed by atoms with Gasteiger partial charge in [-0.15, -0.1) is 12.4 Å². The average Bonchev–Trinajstić information content (AvgIpc) is 2.62. The number of halogens is 1. The first-order valence-corrected chi connectivity index (χ1v) is 10.7. The van der Waals surface area contributed by atoms with E-state index in [1.807, 2.05) is 6.92 Å². The van der Waals surface area contributed by atoms with Gasteiger partial charge in [0.2, 0.25) is 15.9 Å². The van der Waals surface area contributed by atoms with E-state index in [4.69, 9.17) is 4.74 Å². The number of anilines is 2. The lowest BCUT2D eigenvalue weighted by Crippen LogP contribution is -2.47. The first-order chi connectivity index (χ1) is 12.4. The minimum Gasteiger partial charge on any atom is -0.384 e. The first-order valence-electron chi connectivity index (χ1n) is 9.02. The molecule has 154 valence electrons.